The second kappa shape index (κ2) is 5.62. The van der Waals surface area contributed by atoms with E-state index in [1.165, 1.54) is 6.42 Å². The number of hydrogen-bond donors (Lipinski definition) is 3. The molecule has 0 amide bonds. The fourth-order valence-corrected chi connectivity index (χ4v) is 1.48. The second-order valence-corrected chi connectivity index (χ2v) is 4.03. The summed E-state index contributed by atoms with van der Waals surface area (Å²) in [5.74, 6) is 6.14. The first-order chi connectivity index (χ1) is 8.31. The van der Waals surface area contributed by atoms with Gasteiger partial charge in [0.25, 0.3) is 0 Å². The van der Waals surface area contributed by atoms with Crippen molar-refractivity contribution >= 4 is 11.9 Å². The van der Waals surface area contributed by atoms with Crippen LogP contribution in [-0.2, 0) is 0 Å². The lowest BCUT2D eigenvalue weighted by atomic mass is 9.93. The summed E-state index contributed by atoms with van der Waals surface area (Å²) >= 11 is 0. The maximum atomic E-state index is 5.37. The first kappa shape index (κ1) is 11.8. The Kier molecular flexibility index (Phi) is 3.92. The molecule has 1 aliphatic carbocycles. The molecule has 1 saturated carbocycles. The van der Waals surface area contributed by atoms with Gasteiger partial charge in [0.1, 0.15) is 0 Å². The highest BCUT2D eigenvalue weighted by molar-refractivity contribution is 5.36. The van der Waals surface area contributed by atoms with Gasteiger partial charge in [-0.3, -0.25) is 5.43 Å². The highest BCUT2D eigenvalue weighted by atomic mass is 16.5. The Morgan fingerprint density at radius 2 is 2.06 bits per heavy atom. The van der Waals surface area contributed by atoms with Crippen molar-refractivity contribution in [1.82, 2.24) is 15.0 Å². The van der Waals surface area contributed by atoms with Crippen LogP contribution < -0.4 is 21.3 Å². The number of nitrogen functional groups attached to an aromatic ring is 1. The van der Waals surface area contributed by atoms with Gasteiger partial charge in [-0.25, -0.2) is 5.84 Å². The molecular weight excluding hydrogens is 220 g/mol. The number of ether oxygens (including phenoxy) is 1. The molecule has 1 aromatic rings. The fraction of sp³-hybridized carbons (Fsp3) is 0.700. The number of hydrazine groups is 1. The molecule has 94 valence electrons. The average molecular weight is 238 g/mol. The summed E-state index contributed by atoms with van der Waals surface area (Å²) in [6, 6.07) is 0.763. The molecule has 1 heterocycles. The van der Waals surface area contributed by atoms with Crippen molar-refractivity contribution in [3.8, 4) is 6.01 Å². The first-order valence-corrected chi connectivity index (χ1v) is 5.94. The number of nitrogens with zero attached hydrogens (tertiary/aromatic N) is 3. The normalized spacial score (nSPS) is 15.2. The molecule has 0 unspecified atom stereocenters. The van der Waals surface area contributed by atoms with E-state index in [2.05, 4.69) is 25.7 Å². The number of hydrogen-bond acceptors (Lipinski definition) is 7. The lowest BCUT2D eigenvalue weighted by Crippen LogP contribution is -2.28. The minimum atomic E-state index is 0.302. The molecule has 0 atom stereocenters. The van der Waals surface area contributed by atoms with Crippen LogP contribution in [0, 0.1) is 0 Å². The van der Waals surface area contributed by atoms with Gasteiger partial charge in [-0.1, -0.05) is 6.92 Å². The van der Waals surface area contributed by atoms with E-state index in [0.717, 1.165) is 19.3 Å². The van der Waals surface area contributed by atoms with E-state index >= 15 is 0 Å². The molecule has 0 spiro atoms. The van der Waals surface area contributed by atoms with Gasteiger partial charge in [-0.05, 0) is 25.7 Å². The summed E-state index contributed by atoms with van der Waals surface area (Å²) in [6.45, 7) is 2.60. The van der Waals surface area contributed by atoms with E-state index in [1.54, 1.807) is 0 Å². The Hall–Kier alpha value is -1.63. The van der Waals surface area contributed by atoms with Gasteiger partial charge in [0.2, 0.25) is 11.9 Å². The molecule has 17 heavy (non-hydrogen) atoms. The van der Waals surface area contributed by atoms with E-state index in [4.69, 9.17) is 10.6 Å². The molecule has 0 aromatic carbocycles. The van der Waals surface area contributed by atoms with Crippen molar-refractivity contribution in [2.24, 2.45) is 5.84 Å². The van der Waals surface area contributed by atoms with Crippen LogP contribution in [0.3, 0.4) is 0 Å². The minimum absolute atomic E-state index is 0.302. The second-order valence-electron chi connectivity index (χ2n) is 4.03. The van der Waals surface area contributed by atoms with Gasteiger partial charge in [-0.15, -0.1) is 0 Å². The van der Waals surface area contributed by atoms with Gasteiger partial charge < -0.3 is 10.1 Å². The van der Waals surface area contributed by atoms with E-state index in [1.807, 2.05) is 6.92 Å². The Labute approximate surface area is 100 Å². The number of nitrogens with one attached hydrogen (secondary N) is 2. The van der Waals surface area contributed by atoms with Crippen molar-refractivity contribution < 1.29 is 4.74 Å². The van der Waals surface area contributed by atoms with Crippen molar-refractivity contribution in [2.75, 3.05) is 17.3 Å². The third kappa shape index (κ3) is 3.16. The third-order valence-corrected chi connectivity index (χ3v) is 2.62. The average Bonchev–Trinajstić information content (AvgIpc) is 2.31. The molecule has 4 N–H and O–H groups in total. The zero-order valence-electron chi connectivity index (χ0n) is 9.94. The molecular formula is C10H18N6O. The van der Waals surface area contributed by atoms with Crippen LogP contribution in [0.4, 0.5) is 11.9 Å². The zero-order chi connectivity index (χ0) is 12.1. The molecule has 1 aromatic heterocycles. The smallest absolute Gasteiger partial charge is 0.323 e. The third-order valence-electron chi connectivity index (χ3n) is 2.62. The fourth-order valence-electron chi connectivity index (χ4n) is 1.48. The molecule has 2 rings (SSSR count). The number of nitrogens with two attached hydrogens (primary N) is 1. The van der Waals surface area contributed by atoms with Gasteiger partial charge in [0.05, 0.1) is 6.61 Å². The Morgan fingerprint density at radius 1 is 1.29 bits per heavy atom. The monoisotopic (exact) mass is 238 g/mol. The minimum Gasteiger partial charge on any atom is -0.463 e. The SMILES string of the molecule is CCCOc1nc(NN)nc(NC2CCC2)n1. The van der Waals surface area contributed by atoms with E-state index in [0.29, 0.717) is 30.6 Å². The predicted octanol–water partition coefficient (Wildman–Crippen LogP) is 0.910. The molecule has 1 fully saturated rings. The van der Waals surface area contributed by atoms with Crippen LogP contribution in [0.5, 0.6) is 6.01 Å². The summed E-state index contributed by atoms with van der Waals surface area (Å²) in [7, 11) is 0. The van der Waals surface area contributed by atoms with Crippen molar-refractivity contribution in [2.45, 2.75) is 38.6 Å². The van der Waals surface area contributed by atoms with Crippen LogP contribution in [0.15, 0.2) is 0 Å². The lowest BCUT2D eigenvalue weighted by molar-refractivity contribution is 0.292. The van der Waals surface area contributed by atoms with E-state index < -0.39 is 0 Å². The van der Waals surface area contributed by atoms with Crippen LogP contribution >= 0.6 is 0 Å². The molecule has 0 radical (unpaired) electrons. The van der Waals surface area contributed by atoms with Crippen LogP contribution in [0.25, 0.3) is 0 Å². The van der Waals surface area contributed by atoms with Crippen LogP contribution in [0.1, 0.15) is 32.6 Å². The largest absolute Gasteiger partial charge is 0.463 e. The maximum absolute atomic E-state index is 5.37. The first-order valence-electron chi connectivity index (χ1n) is 5.94. The summed E-state index contributed by atoms with van der Waals surface area (Å²) in [5.41, 5.74) is 2.41. The summed E-state index contributed by atoms with van der Waals surface area (Å²) < 4.78 is 5.37. The topological polar surface area (TPSA) is 98.0 Å². The summed E-state index contributed by atoms with van der Waals surface area (Å²) in [5, 5.41) is 3.23. The Bertz CT molecular complexity index is 368. The molecule has 7 nitrogen and oxygen atoms in total. The lowest BCUT2D eigenvalue weighted by Gasteiger charge is -2.26. The van der Waals surface area contributed by atoms with Crippen LogP contribution in [-0.4, -0.2) is 27.6 Å². The maximum Gasteiger partial charge on any atom is 0.323 e. The number of rotatable bonds is 6. The molecule has 0 aliphatic heterocycles. The standard InChI is InChI=1S/C10H18N6O/c1-2-6-17-10-14-8(12-7-4-3-5-7)13-9(15-10)16-11/h7H,2-6,11H2,1H3,(H2,12,13,14,15,16). The van der Waals surface area contributed by atoms with Gasteiger partial charge in [-0.2, -0.15) is 15.0 Å². The highest BCUT2D eigenvalue weighted by Crippen LogP contribution is 2.22. The zero-order valence-corrected chi connectivity index (χ0v) is 9.94. The van der Waals surface area contributed by atoms with Crippen molar-refractivity contribution in [3.05, 3.63) is 0 Å². The molecule has 1 aliphatic rings. The van der Waals surface area contributed by atoms with Gasteiger partial charge in [0, 0.05) is 6.04 Å². The number of aromatic nitrogens is 3. The predicted molar refractivity (Wildman–Crippen MR) is 64.7 cm³/mol. The van der Waals surface area contributed by atoms with E-state index in [-0.39, 0.29) is 0 Å². The number of anilines is 2. The Balaban J connectivity index is 2.06. The van der Waals surface area contributed by atoms with Crippen molar-refractivity contribution in [3.63, 3.8) is 0 Å². The molecule has 7 heteroatoms. The highest BCUT2D eigenvalue weighted by Gasteiger charge is 2.19. The summed E-state index contributed by atoms with van der Waals surface area (Å²) in [6.07, 6.45) is 4.47. The summed E-state index contributed by atoms with van der Waals surface area (Å²) in [4.78, 5) is 12.3. The van der Waals surface area contributed by atoms with Crippen LogP contribution in [0.2, 0.25) is 0 Å². The van der Waals surface area contributed by atoms with E-state index in [9.17, 15) is 0 Å². The quantitative estimate of drug-likeness (QED) is 0.500. The Morgan fingerprint density at radius 3 is 2.65 bits per heavy atom. The molecule has 0 bridgehead atoms. The molecule has 0 saturated heterocycles. The van der Waals surface area contributed by atoms with Crippen molar-refractivity contribution in [1.29, 1.82) is 0 Å². The van der Waals surface area contributed by atoms with Gasteiger partial charge >= 0.3 is 6.01 Å². The van der Waals surface area contributed by atoms with Gasteiger partial charge in [0.15, 0.2) is 0 Å².